The normalized spacial score (nSPS) is 8.70. The van der Waals surface area contributed by atoms with Crippen molar-refractivity contribution >= 4 is 5.78 Å². The van der Waals surface area contributed by atoms with Gasteiger partial charge in [0.2, 0.25) is 5.78 Å². The Morgan fingerprint density at radius 2 is 2.60 bits per heavy atom. The van der Waals surface area contributed by atoms with Crippen molar-refractivity contribution in [1.82, 2.24) is 0 Å². The predicted octanol–water partition coefficient (Wildman–Crippen LogP) is 0.915. The molecule has 0 unspecified atom stereocenters. The molecular formula is C7H5NO2. The molecule has 10 heavy (non-hydrogen) atoms. The second kappa shape index (κ2) is 2.83. The first-order chi connectivity index (χ1) is 4.83. The maximum Gasteiger partial charge on any atom is 0.239 e. The number of nitrogens with zero attached hydrogens (tertiary/aromatic N) is 1. The summed E-state index contributed by atoms with van der Waals surface area (Å²) in [4.78, 5) is 10.5. The molecule has 0 aliphatic rings. The van der Waals surface area contributed by atoms with Crippen LogP contribution in [0.2, 0.25) is 0 Å². The van der Waals surface area contributed by atoms with Gasteiger partial charge in [-0.1, -0.05) is 0 Å². The summed E-state index contributed by atoms with van der Waals surface area (Å²) in [5.74, 6) is 0.0569. The van der Waals surface area contributed by atoms with Gasteiger partial charge in [-0.3, -0.25) is 4.79 Å². The minimum atomic E-state index is -0.477. The maximum atomic E-state index is 10.5. The highest BCUT2D eigenvalue weighted by molar-refractivity contribution is 5.94. The van der Waals surface area contributed by atoms with E-state index in [1.54, 1.807) is 12.1 Å². The van der Waals surface area contributed by atoms with Crippen LogP contribution in [-0.4, -0.2) is 5.78 Å². The summed E-state index contributed by atoms with van der Waals surface area (Å²) in [5.41, 5.74) is 0. The summed E-state index contributed by atoms with van der Waals surface area (Å²) in [6.07, 6.45) is 1.55. The maximum absolute atomic E-state index is 10.5. The quantitative estimate of drug-likeness (QED) is 0.566. The number of furan rings is 1. The average Bonchev–Trinajstić information content (AvgIpc) is 2.40. The molecular weight excluding hydrogens is 130 g/mol. The number of hydrogen-bond acceptors (Lipinski definition) is 3. The summed E-state index contributed by atoms with van der Waals surface area (Å²) in [6.45, 7) is 0. The fourth-order valence-electron chi connectivity index (χ4n) is 0.611. The number of rotatable bonds is 2. The number of nitriles is 1. The third-order valence-corrected chi connectivity index (χ3v) is 1.04. The molecule has 3 heteroatoms. The number of hydrogen-bond donors (Lipinski definition) is 0. The zero-order chi connectivity index (χ0) is 7.40. The highest BCUT2D eigenvalue weighted by atomic mass is 16.3. The second-order valence-corrected chi connectivity index (χ2v) is 1.79. The molecule has 1 aromatic rings. The Kier molecular flexibility index (Phi) is 1.86. The zero-order valence-corrected chi connectivity index (χ0v) is 5.20. The standard InChI is InChI=1S/C7H5NO2/c8-5-6(9)4-7-2-1-3-10-7/h1-3H,4H2. The van der Waals surface area contributed by atoms with Gasteiger partial charge in [-0.25, -0.2) is 0 Å². The van der Waals surface area contributed by atoms with E-state index in [-0.39, 0.29) is 6.42 Å². The van der Waals surface area contributed by atoms with Crippen LogP contribution in [0, 0.1) is 11.3 Å². The Labute approximate surface area is 57.9 Å². The highest BCUT2D eigenvalue weighted by Gasteiger charge is 2.02. The first-order valence-corrected chi connectivity index (χ1v) is 2.78. The Balaban J connectivity index is 2.59. The van der Waals surface area contributed by atoms with E-state index in [0.717, 1.165) is 0 Å². The van der Waals surface area contributed by atoms with Crippen LogP contribution in [0.3, 0.4) is 0 Å². The topological polar surface area (TPSA) is 54.0 Å². The SMILES string of the molecule is N#CC(=O)Cc1ccco1. The Morgan fingerprint density at radius 3 is 3.10 bits per heavy atom. The van der Waals surface area contributed by atoms with Crippen LogP contribution in [0.15, 0.2) is 22.8 Å². The largest absolute Gasteiger partial charge is 0.469 e. The van der Waals surface area contributed by atoms with E-state index in [2.05, 4.69) is 0 Å². The van der Waals surface area contributed by atoms with Gasteiger partial charge in [0, 0.05) is 0 Å². The lowest BCUT2D eigenvalue weighted by molar-refractivity contribution is -0.113. The molecule has 0 N–H and O–H groups in total. The van der Waals surface area contributed by atoms with E-state index in [9.17, 15) is 4.79 Å². The molecule has 0 amide bonds. The predicted molar refractivity (Wildman–Crippen MR) is 33.0 cm³/mol. The van der Waals surface area contributed by atoms with Gasteiger partial charge in [-0.15, -0.1) is 0 Å². The van der Waals surface area contributed by atoms with Crippen molar-refractivity contribution < 1.29 is 9.21 Å². The Hall–Kier alpha value is -1.56. The van der Waals surface area contributed by atoms with Crippen molar-refractivity contribution in [1.29, 1.82) is 5.26 Å². The Bertz CT molecular complexity index is 256. The van der Waals surface area contributed by atoms with Gasteiger partial charge in [0.25, 0.3) is 0 Å². The van der Waals surface area contributed by atoms with Crippen molar-refractivity contribution in [2.24, 2.45) is 0 Å². The molecule has 0 radical (unpaired) electrons. The van der Waals surface area contributed by atoms with E-state index in [4.69, 9.17) is 9.68 Å². The second-order valence-electron chi connectivity index (χ2n) is 1.79. The van der Waals surface area contributed by atoms with Crippen LogP contribution in [0.5, 0.6) is 0 Å². The van der Waals surface area contributed by atoms with Crippen LogP contribution in [0.4, 0.5) is 0 Å². The van der Waals surface area contributed by atoms with Gasteiger partial charge < -0.3 is 4.42 Å². The summed E-state index contributed by atoms with van der Waals surface area (Å²) < 4.78 is 4.83. The first-order valence-electron chi connectivity index (χ1n) is 2.78. The van der Waals surface area contributed by atoms with E-state index >= 15 is 0 Å². The summed E-state index contributed by atoms with van der Waals surface area (Å²) in [5, 5.41) is 8.09. The molecule has 0 spiro atoms. The first kappa shape index (κ1) is 6.56. The highest BCUT2D eigenvalue weighted by Crippen LogP contribution is 2.00. The average molecular weight is 135 g/mol. The number of ketones is 1. The van der Waals surface area contributed by atoms with Gasteiger partial charge in [0.1, 0.15) is 11.8 Å². The smallest absolute Gasteiger partial charge is 0.239 e. The summed E-state index contributed by atoms with van der Waals surface area (Å²) >= 11 is 0. The summed E-state index contributed by atoms with van der Waals surface area (Å²) in [7, 11) is 0. The minimum absolute atomic E-state index is 0.0729. The summed E-state index contributed by atoms with van der Waals surface area (Å²) in [6, 6.07) is 4.85. The molecule has 50 valence electrons. The van der Waals surface area contributed by atoms with Crippen molar-refractivity contribution in [3.63, 3.8) is 0 Å². The molecule has 0 saturated carbocycles. The van der Waals surface area contributed by atoms with Crippen LogP contribution in [0.1, 0.15) is 5.76 Å². The van der Waals surface area contributed by atoms with Gasteiger partial charge in [-0.2, -0.15) is 5.26 Å². The van der Waals surface area contributed by atoms with E-state index < -0.39 is 5.78 Å². The molecule has 1 aromatic heterocycles. The minimum Gasteiger partial charge on any atom is -0.469 e. The van der Waals surface area contributed by atoms with Crippen molar-refractivity contribution in [3.8, 4) is 6.07 Å². The molecule has 0 saturated heterocycles. The third kappa shape index (κ3) is 1.46. The van der Waals surface area contributed by atoms with Crippen LogP contribution in [0.25, 0.3) is 0 Å². The molecule has 3 nitrogen and oxygen atoms in total. The lowest BCUT2D eigenvalue weighted by Crippen LogP contribution is -1.96. The lowest BCUT2D eigenvalue weighted by atomic mass is 10.2. The van der Waals surface area contributed by atoms with E-state index in [0.29, 0.717) is 5.76 Å². The van der Waals surface area contributed by atoms with Crippen molar-refractivity contribution in [2.45, 2.75) is 6.42 Å². The van der Waals surface area contributed by atoms with Crippen LogP contribution < -0.4 is 0 Å². The molecule has 0 aliphatic heterocycles. The lowest BCUT2D eigenvalue weighted by Gasteiger charge is -1.84. The van der Waals surface area contributed by atoms with Crippen molar-refractivity contribution in [3.05, 3.63) is 24.2 Å². The zero-order valence-electron chi connectivity index (χ0n) is 5.20. The fourth-order valence-corrected chi connectivity index (χ4v) is 0.611. The number of Topliss-reactive ketones (excluding diaryl/α,β-unsaturated/α-hetero) is 1. The molecule has 0 atom stereocenters. The number of carbonyl (C=O) groups is 1. The van der Waals surface area contributed by atoms with E-state index in [1.807, 2.05) is 0 Å². The fraction of sp³-hybridized carbons (Fsp3) is 0.143. The third-order valence-electron chi connectivity index (χ3n) is 1.04. The van der Waals surface area contributed by atoms with Crippen LogP contribution >= 0.6 is 0 Å². The molecule has 0 aromatic carbocycles. The van der Waals surface area contributed by atoms with Gasteiger partial charge in [-0.05, 0) is 12.1 Å². The molecule has 0 bridgehead atoms. The molecule has 1 heterocycles. The monoisotopic (exact) mass is 135 g/mol. The van der Waals surface area contributed by atoms with Gasteiger partial charge >= 0.3 is 0 Å². The molecule has 1 rings (SSSR count). The molecule has 0 aliphatic carbocycles. The molecule has 0 fully saturated rings. The van der Waals surface area contributed by atoms with Gasteiger partial charge in [0.15, 0.2) is 0 Å². The Morgan fingerprint density at radius 1 is 1.80 bits per heavy atom. The van der Waals surface area contributed by atoms with Crippen molar-refractivity contribution in [2.75, 3.05) is 0 Å². The number of carbonyl (C=O) groups excluding carboxylic acids is 1. The van der Waals surface area contributed by atoms with Crippen LogP contribution in [-0.2, 0) is 11.2 Å². The van der Waals surface area contributed by atoms with Gasteiger partial charge in [0.05, 0.1) is 12.7 Å². The van der Waals surface area contributed by atoms with E-state index in [1.165, 1.54) is 12.3 Å².